The molecule has 1 aliphatic rings. The van der Waals surface area contributed by atoms with Crippen molar-refractivity contribution in [3.05, 3.63) is 47.9 Å². The first-order valence-electron chi connectivity index (χ1n) is 8.92. The lowest BCUT2D eigenvalue weighted by molar-refractivity contribution is 0.447. The maximum atomic E-state index is 13.4. The monoisotopic (exact) mass is 377 g/mol. The minimum atomic E-state index is -3.78. The van der Waals surface area contributed by atoms with Gasteiger partial charge in [-0.15, -0.1) is 0 Å². The number of hydrogen-bond acceptors (Lipinski definition) is 4. The van der Waals surface area contributed by atoms with Gasteiger partial charge >= 0.3 is 0 Å². The van der Waals surface area contributed by atoms with Gasteiger partial charge in [0, 0.05) is 12.6 Å². The number of sulfonamides is 1. The lowest BCUT2D eigenvalue weighted by Gasteiger charge is -2.36. The molecule has 1 atom stereocenters. The molecule has 2 aromatic rings. The van der Waals surface area contributed by atoms with E-state index in [9.17, 15) is 12.8 Å². The van der Waals surface area contributed by atoms with Crippen LogP contribution in [0, 0.1) is 12.7 Å². The third-order valence-electron chi connectivity index (χ3n) is 4.83. The normalized spacial score (nSPS) is 18.0. The summed E-state index contributed by atoms with van der Waals surface area (Å²) in [4.78, 5) is 6.78. The van der Waals surface area contributed by atoms with E-state index in [1.54, 1.807) is 6.07 Å². The fourth-order valence-corrected chi connectivity index (χ4v) is 4.47. The molecule has 0 spiro atoms. The van der Waals surface area contributed by atoms with Gasteiger partial charge in [-0.3, -0.25) is 4.72 Å². The maximum absolute atomic E-state index is 13.4. The van der Waals surface area contributed by atoms with Crippen LogP contribution >= 0.6 is 0 Å². The van der Waals surface area contributed by atoms with Crippen LogP contribution in [0.1, 0.15) is 38.2 Å². The van der Waals surface area contributed by atoms with E-state index in [1.165, 1.54) is 31.7 Å². The van der Waals surface area contributed by atoms with Crippen molar-refractivity contribution in [1.29, 1.82) is 0 Å². The van der Waals surface area contributed by atoms with Gasteiger partial charge < -0.3 is 4.90 Å². The lowest BCUT2D eigenvalue weighted by Crippen LogP contribution is -2.39. The SMILES string of the molecule is CCC1CCCCN1c1ccc(NS(=O)(=O)c2ccc(F)c(C)c2)cn1. The number of aromatic nitrogens is 1. The van der Waals surface area contributed by atoms with Crippen LogP contribution in [-0.4, -0.2) is 26.0 Å². The highest BCUT2D eigenvalue weighted by molar-refractivity contribution is 7.92. The Morgan fingerprint density at radius 1 is 1.27 bits per heavy atom. The van der Waals surface area contributed by atoms with E-state index in [2.05, 4.69) is 21.5 Å². The van der Waals surface area contributed by atoms with Gasteiger partial charge in [-0.25, -0.2) is 17.8 Å². The highest BCUT2D eigenvalue weighted by Crippen LogP contribution is 2.26. The highest BCUT2D eigenvalue weighted by atomic mass is 32.2. The Labute approximate surface area is 154 Å². The maximum Gasteiger partial charge on any atom is 0.261 e. The van der Waals surface area contributed by atoms with E-state index in [0.29, 0.717) is 11.7 Å². The summed E-state index contributed by atoms with van der Waals surface area (Å²) in [5, 5.41) is 0. The number of aryl methyl sites for hydroxylation is 1. The van der Waals surface area contributed by atoms with Gasteiger partial charge in [0.1, 0.15) is 11.6 Å². The topological polar surface area (TPSA) is 62.3 Å². The van der Waals surface area contributed by atoms with E-state index in [1.807, 2.05) is 6.07 Å². The number of pyridine rings is 1. The van der Waals surface area contributed by atoms with Crippen molar-refractivity contribution in [3.63, 3.8) is 0 Å². The molecule has 2 heterocycles. The van der Waals surface area contributed by atoms with E-state index in [0.717, 1.165) is 37.7 Å². The first-order chi connectivity index (χ1) is 12.4. The number of nitrogens with one attached hydrogen (secondary N) is 1. The van der Waals surface area contributed by atoms with Crippen LogP contribution in [0.5, 0.6) is 0 Å². The average Bonchev–Trinajstić information content (AvgIpc) is 2.64. The second-order valence-electron chi connectivity index (χ2n) is 6.67. The van der Waals surface area contributed by atoms with Gasteiger partial charge in [0.25, 0.3) is 10.0 Å². The molecule has 0 bridgehead atoms. The Kier molecular flexibility index (Phi) is 5.46. The minimum Gasteiger partial charge on any atom is -0.354 e. The van der Waals surface area contributed by atoms with Gasteiger partial charge in [0.2, 0.25) is 0 Å². The third-order valence-corrected chi connectivity index (χ3v) is 6.21. The van der Waals surface area contributed by atoms with Crippen LogP contribution in [0.15, 0.2) is 41.4 Å². The molecule has 1 aromatic carbocycles. The molecule has 1 saturated heterocycles. The Hall–Kier alpha value is -2.15. The average molecular weight is 377 g/mol. The van der Waals surface area contributed by atoms with Crippen molar-refractivity contribution >= 4 is 21.5 Å². The third kappa shape index (κ3) is 3.98. The number of piperidine rings is 1. The van der Waals surface area contributed by atoms with Crippen molar-refractivity contribution in [2.24, 2.45) is 0 Å². The van der Waals surface area contributed by atoms with Gasteiger partial charge in [-0.05, 0) is 68.5 Å². The van der Waals surface area contributed by atoms with Crippen molar-refractivity contribution in [2.45, 2.75) is 50.5 Å². The quantitative estimate of drug-likeness (QED) is 0.852. The fourth-order valence-electron chi connectivity index (χ4n) is 3.34. The van der Waals surface area contributed by atoms with E-state index in [-0.39, 0.29) is 10.5 Å². The minimum absolute atomic E-state index is 0.0301. The molecular weight excluding hydrogens is 353 g/mol. The molecule has 0 amide bonds. The summed E-state index contributed by atoms with van der Waals surface area (Å²) in [5.74, 6) is 0.444. The Bertz CT molecular complexity index is 869. The molecule has 1 aliphatic heterocycles. The number of nitrogens with zero attached hydrogens (tertiary/aromatic N) is 2. The Balaban J connectivity index is 1.77. The number of anilines is 2. The number of halogens is 1. The second kappa shape index (κ2) is 7.61. The largest absolute Gasteiger partial charge is 0.354 e. The number of benzene rings is 1. The van der Waals surface area contributed by atoms with Crippen LogP contribution in [0.4, 0.5) is 15.9 Å². The van der Waals surface area contributed by atoms with E-state index >= 15 is 0 Å². The van der Waals surface area contributed by atoms with Crippen LogP contribution in [-0.2, 0) is 10.0 Å². The van der Waals surface area contributed by atoms with Crippen molar-refractivity contribution in [1.82, 2.24) is 4.98 Å². The molecule has 1 aromatic heterocycles. The summed E-state index contributed by atoms with van der Waals surface area (Å²) >= 11 is 0. The zero-order valence-corrected chi connectivity index (χ0v) is 15.9. The smallest absolute Gasteiger partial charge is 0.261 e. The first kappa shape index (κ1) is 18.6. The molecule has 0 radical (unpaired) electrons. The number of hydrogen-bond donors (Lipinski definition) is 1. The lowest BCUT2D eigenvalue weighted by atomic mass is 10.00. The van der Waals surface area contributed by atoms with Crippen molar-refractivity contribution in [3.8, 4) is 0 Å². The van der Waals surface area contributed by atoms with Crippen LogP contribution in [0.25, 0.3) is 0 Å². The molecule has 1 fully saturated rings. The fraction of sp³-hybridized carbons (Fsp3) is 0.421. The zero-order chi connectivity index (χ0) is 18.7. The van der Waals surface area contributed by atoms with Crippen molar-refractivity contribution in [2.75, 3.05) is 16.2 Å². The molecule has 0 saturated carbocycles. The second-order valence-corrected chi connectivity index (χ2v) is 8.36. The molecule has 1 unspecified atom stereocenters. The molecule has 3 rings (SSSR count). The Morgan fingerprint density at radius 2 is 2.08 bits per heavy atom. The van der Waals surface area contributed by atoms with Crippen LogP contribution in [0.2, 0.25) is 0 Å². The molecule has 0 aliphatic carbocycles. The summed E-state index contributed by atoms with van der Waals surface area (Å²) in [6.45, 7) is 4.69. The van der Waals surface area contributed by atoms with Crippen molar-refractivity contribution < 1.29 is 12.8 Å². The van der Waals surface area contributed by atoms with Crippen LogP contribution < -0.4 is 9.62 Å². The summed E-state index contributed by atoms with van der Waals surface area (Å²) in [6.07, 6.45) is 6.15. The summed E-state index contributed by atoms with van der Waals surface area (Å²) in [7, 11) is -3.78. The molecule has 140 valence electrons. The number of rotatable bonds is 5. The van der Waals surface area contributed by atoms with Crippen LogP contribution in [0.3, 0.4) is 0 Å². The predicted octanol–water partition coefficient (Wildman–Crippen LogP) is 4.10. The van der Waals surface area contributed by atoms with E-state index in [4.69, 9.17) is 0 Å². The molecule has 5 nitrogen and oxygen atoms in total. The van der Waals surface area contributed by atoms with E-state index < -0.39 is 15.8 Å². The highest BCUT2D eigenvalue weighted by Gasteiger charge is 2.22. The summed E-state index contributed by atoms with van der Waals surface area (Å²) < 4.78 is 40.8. The molecule has 7 heteroatoms. The summed E-state index contributed by atoms with van der Waals surface area (Å²) in [5.41, 5.74) is 0.679. The van der Waals surface area contributed by atoms with Gasteiger partial charge in [0.05, 0.1) is 16.8 Å². The Morgan fingerprint density at radius 3 is 2.73 bits per heavy atom. The zero-order valence-electron chi connectivity index (χ0n) is 15.1. The van der Waals surface area contributed by atoms with Gasteiger partial charge in [-0.2, -0.15) is 0 Å². The molecule has 26 heavy (non-hydrogen) atoms. The van der Waals surface area contributed by atoms with Gasteiger partial charge in [0.15, 0.2) is 0 Å². The molecule has 1 N–H and O–H groups in total. The summed E-state index contributed by atoms with van der Waals surface area (Å²) in [6, 6.07) is 7.79. The predicted molar refractivity (Wildman–Crippen MR) is 101 cm³/mol. The van der Waals surface area contributed by atoms with Gasteiger partial charge in [-0.1, -0.05) is 6.92 Å². The molecular formula is C19H24FN3O2S. The first-order valence-corrected chi connectivity index (χ1v) is 10.4. The standard InChI is InChI=1S/C19H24FN3O2S/c1-3-16-6-4-5-11-23(16)19-10-7-15(13-21-19)22-26(24,25)17-8-9-18(20)14(2)12-17/h7-10,12-13,16,22H,3-6,11H2,1-2H3.